The van der Waals surface area contributed by atoms with Crippen molar-refractivity contribution in [2.24, 2.45) is 0 Å². The Bertz CT molecular complexity index is 745. The molecule has 0 aliphatic carbocycles. The number of piperazine rings is 1. The van der Waals surface area contributed by atoms with Crippen LogP contribution in [0.5, 0.6) is 5.75 Å². The van der Waals surface area contributed by atoms with Crippen molar-refractivity contribution in [2.45, 2.75) is 13.0 Å². The van der Waals surface area contributed by atoms with Crippen LogP contribution in [0.3, 0.4) is 0 Å². The molecule has 1 fully saturated rings. The Hall–Kier alpha value is -1.63. The topological polar surface area (TPSA) is 53.0 Å². The van der Waals surface area contributed by atoms with Crippen LogP contribution in [0.15, 0.2) is 40.9 Å². The maximum Gasteiger partial charge on any atom is 0.219 e. The number of aliphatic hydroxyl groups excluding tert-OH is 1. The zero-order valence-corrected chi connectivity index (χ0v) is 15.9. The number of amides is 1. The van der Waals surface area contributed by atoms with E-state index in [0.29, 0.717) is 6.54 Å². The molecule has 0 bridgehead atoms. The van der Waals surface area contributed by atoms with Crippen LogP contribution in [0.1, 0.15) is 6.92 Å². The Kier molecular flexibility index (Phi) is 5.93. The highest BCUT2D eigenvalue weighted by Gasteiger charge is 2.20. The molecule has 1 aliphatic heterocycles. The molecule has 6 heteroatoms. The van der Waals surface area contributed by atoms with Crippen LogP contribution in [0.2, 0.25) is 0 Å². The molecule has 25 heavy (non-hydrogen) atoms. The number of benzene rings is 2. The highest BCUT2D eigenvalue weighted by atomic mass is 79.9. The fourth-order valence-electron chi connectivity index (χ4n) is 3.07. The molecule has 1 atom stereocenters. The summed E-state index contributed by atoms with van der Waals surface area (Å²) in [5, 5.41) is 12.5. The molecule has 134 valence electrons. The van der Waals surface area contributed by atoms with Crippen molar-refractivity contribution >= 4 is 32.6 Å². The van der Waals surface area contributed by atoms with Gasteiger partial charge in [0, 0.05) is 44.1 Å². The number of fused-ring (bicyclic) bond motifs is 1. The molecule has 0 radical (unpaired) electrons. The van der Waals surface area contributed by atoms with Crippen LogP contribution < -0.4 is 4.74 Å². The van der Waals surface area contributed by atoms with Gasteiger partial charge in [-0.2, -0.15) is 0 Å². The van der Waals surface area contributed by atoms with Gasteiger partial charge in [-0.3, -0.25) is 9.69 Å². The fourth-order valence-corrected chi connectivity index (χ4v) is 3.45. The van der Waals surface area contributed by atoms with Gasteiger partial charge in [0.1, 0.15) is 18.5 Å². The molecule has 1 aliphatic rings. The van der Waals surface area contributed by atoms with Crippen molar-refractivity contribution in [3.63, 3.8) is 0 Å². The van der Waals surface area contributed by atoms with Gasteiger partial charge in [-0.1, -0.05) is 28.1 Å². The Morgan fingerprint density at radius 1 is 1.16 bits per heavy atom. The number of ether oxygens (including phenoxy) is 1. The minimum atomic E-state index is -0.551. The number of aliphatic hydroxyl groups is 1. The summed E-state index contributed by atoms with van der Waals surface area (Å²) in [6, 6.07) is 12.0. The SMILES string of the molecule is CC(=O)N1CCN(CC(O)COc2ccc3cc(Br)ccc3c2)CC1. The van der Waals surface area contributed by atoms with Crippen molar-refractivity contribution in [1.29, 1.82) is 0 Å². The standard InChI is InChI=1S/C19H23BrN2O3/c1-14(23)22-8-6-21(7-9-22)12-18(24)13-25-19-5-3-15-10-17(20)4-2-16(15)11-19/h2-5,10-11,18,24H,6-9,12-13H2,1H3. The summed E-state index contributed by atoms with van der Waals surface area (Å²) in [5.74, 6) is 0.877. The van der Waals surface area contributed by atoms with Crippen LogP contribution in [0, 0.1) is 0 Å². The lowest BCUT2D eigenvalue weighted by molar-refractivity contribution is -0.130. The molecule has 2 aromatic rings. The summed E-state index contributed by atoms with van der Waals surface area (Å²) < 4.78 is 6.80. The van der Waals surface area contributed by atoms with E-state index in [1.807, 2.05) is 35.2 Å². The third-order valence-electron chi connectivity index (χ3n) is 4.50. The van der Waals surface area contributed by atoms with Crippen LogP contribution in [-0.4, -0.2) is 66.2 Å². The third kappa shape index (κ3) is 4.93. The lowest BCUT2D eigenvalue weighted by Gasteiger charge is -2.35. The Morgan fingerprint density at radius 3 is 2.56 bits per heavy atom. The van der Waals surface area contributed by atoms with E-state index in [0.717, 1.165) is 47.2 Å². The Labute approximate surface area is 156 Å². The number of carbonyl (C=O) groups excluding carboxylic acids is 1. The van der Waals surface area contributed by atoms with Crippen LogP contribution in [-0.2, 0) is 4.79 Å². The third-order valence-corrected chi connectivity index (χ3v) is 5.00. The second-order valence-corrected chi connectivity index (χ2v) is 7.34. The molecule has 1 saturated heterocycles. The monoisotopic (exact) mass is 406 g/mol. The van der Waals surface area contributed by atoms with Gasteiger partial charge in [-0.05, 0) is 35.0 Å². The first-order valence-electron chi connectivity index (χ1n) is 8.49. The van der Waals surface area contributed by atoms with E-state index in [4.69, 9.17) is 4.74 Å². The molecule has 0 aromatic heterocycles. The Morgan fingerprint density at radius 2 is 1.84 bits per heavy atom. The number of hydrogen-bond acceptors (Lipinski definition) is 4. The summed E-state index contributed by atoms with van der Waals surface area (Å²) in [5.41, 5.74) is 0. The lowest BCUT2D eigenvalue weighted by Crippen LogP contribution is -2.50. The quantitative estimate of drug-likeness (QED) is 0.828. The van der Waals surface area contributed by atoms with Gasteiger partial charge < -0.3 is 14.7 Å². The van der Waals surface area contributed by atoms with Crippen molar-refractivity contribution in [2.75, 3.05) is 39.3 Å². The molecule has 3 rings (SSSR count). The molecule has 1 unspecified atom stereocenters. The van der Waals surface area contributed by atoms with Gasteiger partial charge in [0.15, 0.2) is 0 Å². The van der Waals surface area contributed by atoms with E-state index < -0.39 is 6.10 Å². The second kappa shape index (κ2) is 8.17. The second-order valence-electron chi connectivity index (χ2n) is 6.42. The van der Waals surface area contributed by atoms with E-state index in [9.17, 15) is 9.90 Å². The van der Waals surface area contributed by atoms with Gasteiger partial charge in [0.05, 0.1) is 0 Å². The number of rotatable bonds is 5. The molecule has 0 saturated carbocycles. The molecular formula is C19H23BrN2O3. The van der Waals surface area contributed by atoms with Crippen LogP contribution in [0.4, 0.5) is 0 Å². The van der Waals surface area contributed by atoms with E-state index in [2.05, 4.69) is 26.9 Å². The highest BCUT2D eigenvalue weighted by molar-refractivity contribution is 9.10. The predicted octanol–water partition coefficient (Wildman–Crippen LogP) is 2.51. The van der Waals surface area contributed by atoms with Crippen LogP contribution in [0.25, 0.3) is 10.8 Å². The molecule has 0 spiro atoms. The van der Waals surface area contributed by atoms with E-state index >= 15 is 0 Å². The average molecular weight is 407 g/mol. The Balaban J connectivity index is 1.48. The maximum absolute atomic E-state index is 11.3. The van der Waals surface area contributed by atoms with Gasteiger partial charge >= 0.3 is 0 Å². The summed E-state index contributed by atoms with van der Waals surface area (Å²) in [4.78, 5) is 15.3. The van der Waals surface area contributed by atoms with Crippen molar-refractivity contribution in [3.05, 3.63) is 40.9 Å². The van der Waals surface area contributed by atoms with Gasteiger partial charge in [0.2, 0.25) is 5.91 Å². The van der Waals surface area contributed by atoms with E-state index in [1.165, 1.54) is 0 Å². The first-order valence-corrected chi connectivity index (χ1v) is 9.28. The largest absolute Gasteiger partial charge is 0.491 e. The van der Waals surface area contributed by atoms with Crippen molar-refractivity contribution in [3.8, 4) is 5.75 Å². The molecular weight excluding hydrogens is 384 g/mol. The van der Waals surface area contributed by atoms with Gasteiger partial charge in [0.25, 0.3) is 0 Å². The summed E-state index contributed by atoms with van der Waals surface area (Å²) in [6.45, 7) is 5.46. The highest BCUT2D eigenvalue weighted by Crippen LogP contribution is 2.24. The lowest BCUT2D eigenvalue weighted by atomic mass is 10.1. The summed E-state index contributed by atoms with van der Waals surface area (Å²) in [7, 11) is 0. The first kappa shape index (κ1) is 18.2. The molecule has 2 aromatic carbocycles. The average Bonchev–Trinajstić information content (AvgIpc) is 2.60. The fraction of sp³-hybridized carbons (Fsp3) is 0.421. The minimum absolute atomic E-state index is 0.117. The van der Waals surface area contributed by atoms with E-state index in [1.54, 1.807) is 6.92 Å². The van der Waals surface area contributed by atoms with Crippen molar-refractivity contribution in [1.82, 2.24) is 9.80 Å². The zero-order valence-electron chi connectivity index (χ0n) is 14.3. The zero-order chi connectivity index (χ0) is 17.8. The summed E-state index contributed by atoms with van der Waals surface area (Å²) >= 11 is 3.47. The number of halogens is 1. The molecule has 1 N–H and O–H groups in total. The summed E-state index contributed by atoms with van der Waals surface area (Å²) in [6.07, 6.45) is -0.551. The number of nitrogens with zero attached hydrogens (tertiary/aromatic N) is 2. The smallest absolute Gasteiger partial charge is 0.219 e. The number of hydrogen-bond donors (Lipinski definition) is 1. The van der Waals surface area contributed by atoms with E-state index in [-0.39, 0.29) is 12.5 Å². The van der Waals surface area contributed by atoms with Gasteiger partial charge in [-0.25, -0.2) is 0 Å². The molecule has 1 amide bonds. The first-order chi connectivity index (χ1) is 12.0. The van der Waals surface area contributed by atoms with Crippen LogP contribution >= 0.6 is 15.9 Å². The minimum Gasteiger partial charge on any atom is -0.491 e. The number of carbonyl (C=O) groups is 1. The number of β-amino-alcohol motifs (C(OH)–C–C–N with tert-alkyl or cyclic N) is 1. The molecule has 5 nitrogen and oxygen atoms in total. The maximum atomic E-state index is 11.3. The normalized spacial score (nSPS) is 16.8. The molecule has 1 heterocycles. The van der Waals surface area contributed by atoms with Crippen molar-refractivity contribution < 1.29 is 14.6 Å². The predicted molar refractivity (Wildman–Crippen MR) is 102 cm³/mol. The van der Waals surface area contributed by atoms with Gasteiger partial charge in [-0.15, -0.1) is 0 Å².